The van der Waals surface area contributed by atoms with Gasteiger partial charge >= 0.3 is 0 Å². The van der Waals surface area contributed by atoms with Gasteiger partial charge in [-0.05, 0) is 44.2 Å². The maximum atomic E-state index is 12.5. The number of ether oxygens (including phenoxy) is 1. The van der Waals surface area contributed by atoms with E-state index in [1.165, 1.54) is 0 Å². The molecular formula is C23H27ClN6O2. The largest absolute Gasteiger partial charge is 0.492 e. The van der Waals surface area contributed by atoms with Crippen LogP contribution in [0, 0.1) is 0 Å². The van der Waals surface area contributed by atoms with Crippen LogP contribution in [0.3, 0.4) is 0 Å². The number of carbonyl (C=O) groups excluding carboxylic acids is 1. The number of rotatable bonds is 7. The van der Waals surface area contributed by atoms with E-state index in [9.17, 15) is 4.79 Å². The zero-order valence-corrected chi connectivity index (χ0v) is 18.9. The number of hydrogen-bond acceptors (Lipinski definition) is 7. The second-order valence-corrected chi connectivity index (χ2v) is 8.06. The summed E-state index contributed by atoms with van der Waals surface area (Å²) in [5, 5.41) is 8.05. The highest BCUT2D eigenvalue weighted by atomic mass is 35.5. The van der Waals surface area contributed by atoms with E-state index in [2.05, 4.69) is 20.7 Å². The number of nitrogens with zero attached hydrogens (tertiary/aromatic N) is 3. The molecule has 0 radical (unpaired) electrons. The molecule has 8 nitrogen and oxygen atoms in total. The Kier molecular flexibility index (Phi) is 6.62. The summed E-state index contributed by atoms with van der Waals surface area (Å²) in [5.41, 5.74) is 12.2. The van der Waals surface area contributed by atoms with E-state index in [1.54, 1.807) is 0 Å². The Labute approximate surface area is 192 Å². The molecule has 0 bridgehead atoms. The molecule has 2 aliphatic rings. The molecule has 32 heavy (non-hydrogen) atoms. The van der Waals surface area contributed by atoms with Crippen molar-refractivity contribution in [2.45, 2.75) is 32.5 Å². The number of nitrogens with two attached hydrogens (primary N) is 1. The van der Waals surface area contributed by atoms with Gasteiger partial charge in [-0.15, -0.1) is 0 Å². The van der Waals surface area contributed by atoms with Crippen molar-refractivity contribution in [3.05, 3.63) is 58.6 Å². The number of hydrazone groups is 1. The molecule has 168 valence electrons. The van der Waals surface area contributed by atoms with Crippen LogP contribution >= 0.6 is 11.6 Å². The highest BCUT2D eigenvalue weighted by Gasteiger charge is 2.37. The minimum Gasteiger partial charge on any atom is -0.492 e. The maximum absolute atomic E-state index is 12.5. The van der Waals surface area contributed by atoms with Gasteiger partial charge in [0.1, 0.15) is 24.6 Å². The number of amides is 1. The number of aliphatic imine (C=N–C) groups is 1. The zero-order chi connectivity index (χ0) is 22.7. The third-order valence-electron chi connectivity index (χ3n) is 5.32. The normalized spacial score (nSPS) is 19.2. The molecule has 2 heterocycles. The lowest BCUT2D eigenvalue weighted by Gasteiger charge is -2.27. The number of nitrogens with one attached hydrogen (secondary N) is 2. The smallest absolute Gasteiger partial charge is 0.222 e. The quantitative estimate of drug-likeness (QED) is 0.596. The van der Waals surface area contributed by atoms with E-state index < -0.39 is 6.04 Å². The van der Waals surface area contributed by atoms with E-state index in [-0.39, 0.29) is 18.5 Å². The molecule has 2 aliphatic heterocycles. The minimum atomic E-state index is -0.453. The summed E-state index contributed by atoms with van der Waals surface area (Å²) in [6.07, 6.45) is 0.107. The van der Waals surface area contributed by atoms with Crippen LogP contribution in [0.15, 0.2) is 52.6 Å². The Morgan fingerprint density at radius 3 is 2.78 bits per heavy atom. The summed E-state index contributed by atoms with van der Waals surface area (Å²) in [5.74, 6) is 1.35. The molecule has 4 N–H and O–H groups in total. The van der Waals surface area contributed by atoms with E-state index >= 15 is 0 Å². The van der Waals surface area contributed by atoms with Crippen LogP contribution in [0.5, 0.6) is 5.75 Å². The van der Waals surface area contributed by atoms with Crippen molar-refractivity contribution in [3.8, 4) is 5.75 Å². The molecule has 1 unspecified atom stereocenters. The summed E-state index contributed by atoms with van der Waals surface area (Å²) in [7, 11) is 0. The standard InChI is InChI=1S/C23H27ClN6O2/c1-3-26-21(31)13-19-23-29-28-14(2)30(23)20-9-8-17(32-11-10-25)12-18(20)22(27-19)15-4-6-16(24)7-5-15/h4-9,12,14,19,28H,3,10-11,13,25H2,1-2H3,(H,26,31)/t14?,19-/m0/s1. The van der Waals surface area contributed by atoms with Crippen LogP contribution in [0.2, 0.25) is 5.02 Å². The van der Waals surface area contributed by atoms with Gasteiger partial charge in [-0.25, -0.2) is 0 Å². The molecule has 2 atom stereocenters. The number of hydrogen-bond donors (Lipinski definition) is 3. The van der Waals surface area contributed by atoms with Gasteiger partial charge in [-0.1, -0.05) is 23.7 Å². The fourth-order valence-corrected chi connectivity index (χ4v) is 4.05. The van der Waals surface area contributed by atoms with Gasteiger partial charge in [-0.2, -0.15) is 5.10 Å². The second kappa shape index (κ2) is 9.58. The predicted molar refractivity (Wildman–Crippen MR) is 128 cm³/mol. The van der Waals surface area contributed by atoms with Gasteiger partial charge in [-0.3, -0.25) is 15.2 Å². The minimum absolute atomic E-state index is 0.0724. The number of anilines is 1. The van der Waals surface area contributed by atoms with Crippen molar-refractivity contribution < 1.29 is 9.53 Å². The molecule has 4 rings (SSSR count). The van der Waals surface area contributed by atoms with E-state index in [4.69, 9.17) is 27.1 Å². The average molecular weight is 455 g/mol. The van der Waals surface area contributed by atoms with Gasteiger partial charge in [0.05, 0.1) is 17.8 Å². The summed E-state index contributed by atoms with van der Waals surface area (Å²) in [6, 6.07) is 13.0. The van der Waals surface area contributed by atoms with Gasteiger partial charge < -0.3 is 20.7 Å². The van der Waals surface area contributed by atoms with Crippen LogP contribution in [-0.2, 0) is 4.79 Å². The molecule has 2 aromatic carbocycles. The Morgan fingerprint density at radius 1 is 1.28 bits per heavy atom. The van der Waals surface area contributed by atoms with Crippen molar-refractivity contribution in [1.82, 2.24) is 10.7 Å². The lowest BCUT2D eigenvalue weighted by molar-refractivity contribution is -0.121. The Bertz CT molecular complexity index is 1050. The Morgan fingerprint density at radius 2 is 2.06 bits per heavy atom. The molecule has 0 spiro atoms. The van der Waals surface area contributed by atoms with Crippen molar-refractivity contribution in [1.29, 1.82) is 0 Å². The third-order valence-corrected chi connectivity index (χ3v) is 5.57. The first-order valence-corrected chi connectivity index (χ1v) is 11.1. The number of amidine groups is 1. The van der Waals surface area contributed by atoms with E-state index in [0.717, 1.165) is 22.5 Å². The first kappa shape index (κ1) is 22.1. The summed E-state index contributed by atoms with van der Waals surface area (Å²) >= 11 is 6.13. The predicted octanol–water partition coefficient (Wildman–Crippen LogP) is 2.49. The molecule has 0 saturated carbocycles. The molecule has 2 aromatic rings. The molecule has 0 fully saturated rings. The summed E-state index contributed by atoms with van der Waals surface area (Å²) in [4.78, 5) is 19.7. The molecule has 9 heteroatoms. The number of carbonyl (C=O) groups is 1. The topological polar surface area (TPSA) is 104 Å². The molecule has 1 amide bonds. The number of benzene rings is 2. The lowest BCUT2D eigenvalue weighted by Crippen LogP contribution is -2.43. The van der Waals surface area contributed by atoms with E-state index in [0.29, 0.717) is 36.3 Å². The van der Waals surface area contributed by atoms with Gasteiger partial charge in [0.15, 0.2) is 5.84 Å². The van der Waals surface area contributed by atoms with Gasteiger partial charge in [0.2, 0.25) is 5.91 Å². The maximum Gasteiger partial charge on any atom is 0.222 e. The van der Waals surface area contributed by atoms with Crippen LogP contribution in [-0.4, -0.2) is 49.4 Å². The van der Waals surface area contributed by atoms with Crippen molar-refractivity contribution >= 4 is 34.7 Å². The highest BCUT2D eigenvalue weighted by molar-refractivity contribution is 6.31. The second-order valence-electron chi connectivity index (χ2n) is 7.62. The van der Waals surface area contributed by atoms with E-state index in [1.807, 2.05) is 56.3 Å². The summed E-state index contributed by atoms with van der Waals surface area (Å²) < 4.78 is 5.80. The first-order valence-electron chi connectivity index (χ1n) is 10.7. The average Bonchev–Trinajstić information content (AvgIpc) is 3.11. The lowest BCUT2D eigenvalue weighted by atomic mass is 9.99. The monoisotopic (exact) mass is 454 g/mol. The van der Waals surface area contributed by atoms with Crippen molar-refractivity contribution in [2.24, 2.45) is 15.8 Å². The molecule has 0 saturated heterocycles. The fourth-order valence-electron chi connectivity index (χ4n) is 3.92. The molecule has 0 aliphatic carbocycles. The van der Waals surface area contributed by atoms with Crippen LogP contribution < -0.4 is 26.1 Å². The fraction of sp³-hybridized carbons (Fsp3) is 0.348. The number of fused-ring (bicyclic) bond motifs is 3. The van der Waals surface area contributed by atoms with Crippen LogP contribution in [0.25, 0.3) is 0 Å². The highest BCUT2D eigenvalue weighted by Crippen LogP contribution is 2.35. The zero-order valence-electron chi connectivity index (χ0n) is 18.1. The Hall–Kier alpha value is -3.10. The van der Waals surface area contributed by atoms with Gasteiger partial charge in [0, 0.05) is 29.2 Å². The third kappa shape index (κ3) is 4.42. The van der Waals surface area contributed by atoms with Gasteiger partial charge in [0.25, 0.3) is 0 Å². The summed E-state index contributed by atoms with van der Waals surface area (Å²) in [6.45, 7) is 5.32. The SMILES string of the molecule is CCNC(=O)C[C@@H]1N=C(c2ccc(Cl)cc2)c2cc(OCCN)ccc2N2C1=NNC2C. The van der Waals surface area contributed by atoms with Crippen LogP contribution in [0.1, 0.15) is 31.4 Å². The number of halogens is 1. The molecular weight excluding hydrogens is 428 g/mol. The Balaban J connectivity index is 1.87. The van der Waals surface area contributed by atoms with Crippen molar-refractivity contribution in [2.75, 3.05) is 24.6 Å². The first-order chi connectivity index (χ1) is 15.5. The van der Waals surface area contributed by atoms with Crippen molar-refractivity contribution in [3.63, 3.8) is 0 Å². The molecule has 0 aromatic heterocycles. The van der Waals surface area contributed by atoms with Crippen LogP contribution in [0.4, 0.5) is 5.69 Å².